The van der Waals surface area contributed by atoms with Gasteiger partial charge in [0.05, 0.1) is 30.0 Å². The average Bonchev–Trinajstić information content (AvgIpc) is 3.59. The lowest BCUT2D eigenvalue weighted by Gasteiger charge is -2.17. The molecule has 1 aliphatic carbocycles. The standard InChI is InChI=1S/C18H21N9O2/c1-20-14(17(28)21-2)12(5-19)26-18(29)15-13(25-11-6-22-9-23-7-11)8-24-16(27-15)10-3-4-10/h5-10,12,19,25H,3-4H2,1-2H3,(H,21,28)(H,26,29). The molecule has 3 rings (SSSR count). The van der Waals surface area contributed by atoms with Crippen LogP contribution in [-0.2, 0) is 4.79 Å². The number of carbonyl (C=O) groups is 2. The van der Waals surface area contributed by atoms with Crippen LogP contribution >= 0.6 is 0 Å². The maximum atomic E-state index is 13.0. The number of aromatic nitrogens is 4. The first-order valence-electron chi connectivity index (χ1n) is 8.96. The molecule has 0 radical (unpaired) electrons. The molecule has 150 valence electrons. The Morgan fingerprint density at radius 2 is 2.00 bits per heavy atom. The molecule has 0 aromatic carbocycles. The molecule has 1 atom stereocenters. The second kappa shape index (κ2) is 8.95. The van der Waals surface area contributed by atoms with Gasteiger partial charge in [-0.3, -0.25) is 14.6 Å². The van der Waals surface area contributed by atoms with Crippen LogP contribution in [0.1, 0.15) is 35.1 Å². The fourth-order valence-electron chi connectivity index (χ4n) is 2.63. The Morgan fingerprint density at radius 3 is 2.59 bits per heavy atom. The van der Waals surface area contributed by atoms with Gasteiger partial charge in [0.2, 0.25) is 0 Å². The van der Waals surface area contributed by atoms with Crippen molar-refractivity contribution in [2.24, 2.45) is 4.99 Å². The number of aliphatic imine (C=N–C) groups is 1. The van der Waals surface area contributed by atoms with E-state index in [9.17, 15) is 9.59 Å². The van der Waals surface area contributed by atoms with Crippen molar-refractivity contribution in [3.63, 3.8) is 0 Å². The van der Waals surface area contributed by atoms with Gasteiger partial charge in [0.1, 0.15) is 23.9 Å². The van der Waals surface area contributed by atoms with E-state index in [0.717, 1.165) is 19.1 Å². The summed E-state index contributed by atoms with van der Waals surface area (Å²) in [6.45, 7) is 0. The maximum Gasteiger partial charge on any atom is 0.273 e. The Balaban J connectivity index is 1.90. The molecular weight excluding hydrogens is 374 g/mol. The van der Waals surface area contributed by atoms with Crippen LogP contribution in [-0.4, -0.2) is 63.8 Å². The Kier molecular flexibility index (Phi) is 6.17. The Morgan fingerprint density at radius 1 is 1.28 bits per heavy atom. The molecule has 2 heterocycles. The van der Waals surface area contributed by atoms with Gasteiger partial charge in [-0.25, -0.2) is 19.9 Å². The van der Waals surface area contributed by atoms with Crippen LogP contribution in [0.25, 0.3) is 0 Å². The third kappa shape index (κ3) is 4.75. The summed E-state index contributed by atoms with van der Waals surface area (Å²) >= 11 is 0. The van der Waals surface area contributed by atoms with Crippen LogP contribution in [0.15, 0.2) is 29.9 Å². The molecule has 0 bridgehead atoms. The fraction of sp³-hybridized carbons (Fsp3) is 0.333. The number of amides is 2. The minimum Gasteiger partial charge on any atom is -0.354 e. The highest BCUT2D eigenvalue weighted by atomic mass is 16.2. The number of hydrogen-bond acceptors (Lipinski definition) is 9. The summed E-state index contributed by atoms with van der Waals surface area (Å²) in [4.78, 5) is 45.5. The van der Waals surface area contributed by atoms with Crippen molar-refractivity contribution in [2.75, 3.05) is 19.4 Å². The number of nitrogens with zero attached hydrogens (tertiary/aromatic N) is 5. The quantitative estimate of drug-likeness (QED) is 0.472. The fourth-order valence-corrected chi connectivity index (χ4v) is 2.63. The molecule has 11 nitrogen and oxygen atoms in total. The molecule has 1 aliphatic rings. The van der Waals surface area contributed by atoms with Crippen molar-refractivity contribution in [1.82, 2.24) is 30.6 Å². The molecule has 29 heavy (non-hydrogen) atoms. The number of anilines is 2. The minimum atomic E-state index is -1.00. The van der Waals surface area contributed by atoms with Gasteiger partial charge < -0.3 is 21.4 Å². The lowest BCUT2D eigenvalue weighted by molar-refractivity contribution is -0.114. The van der Waals surface area contributed by atoms with E-state index < -0.39 is 17.9 Å². The molecule has 11 heteroatoms. The third-order valence-electron chi connectivity index (χ3n) is 4.25. The van der Waals surface area contributed by atoms with E-state index in [-0.39, 0.29) is 17.3 Å². The molecule has 1 saturated carbocycles. The van der Waals surface area contributed by atoms with Crippen molar-refractivity contribution in [1.29, 1.82) is 5.41 Å². The average molecular weight is 395 g/mol. The zero-order chi connectivity index (χ0) is 20.8. The molecule has 1 unspecified atom stereocenters. The summed E-state index contributed by atoms with van der Waals surface area (Å²) in [5, 5.41) is 15.7. The van der Waals surface area contributed by atoms with E-state index in [2.05, 4.69) is 40.9 Å². The monoisotopic (exact) mass is 395 g/mol. The molecular formula is C18H21N9O2. The third-order valence-corrected chi connectivity index (χ3v) is 4.25. The second-order valence-corrected chi connectivity index (χ2v) is 6.32. The van der Waals surface area contributed by atoms with Gasteiger partial charge in [0.25, 0.3) is 11.8 Å². The largest absolute Gasteiger partial charge is 0.354 e. The van der Waals surface area contributed by atoms with Gasteiger partial charge in [-0.2, -0.15) is 0 Å². The highest BCUT2D eigenvalue weighted by Gasteiger charge is 2.29. The zero-order valence-electron chi connectivity index (χ0n) is 16.0. The Labute approximate surface area is 167 Å². The van der Waals surface area contributed by atoms with Gasteiger partial charge in [-0.05, 0) is 12.8 Å². The van der Waals surface area contributed by atoms with E-state index in [1.54, 1.807) is 12.4 Å². The molecule has 0 aliphatic heterocycles. The van der Waals surface area contributed by atoms with Crippen LogP contribution in [0.5, 0.6) is 0 Å². The summed E-state index contributed by atoms with van der Waals surface area (Å²) in [6.07, 6.45) is 8.94. The highest BCUT2D eigenvalue weighted by Crippen LogP contribution is 2.38. The zero-order valence-corrected chi connectivity index (χ0v) is 16.0. The smallest absolute Gasteiger partial charge is 0.273 e. The van der Waals surface area contributed by atoms with Gasteiger partial charge in [0, 0.05) is 26.2 Å². The maximum absolute atomic E-state index is 13.0. The number of carbonyl (C=O) groups excluding carboxylic acids is 2. The Bertz CT molecular complexity index is 942. The van der Waals surface area contributed by atoms with Crippen molar-refractivity contribution >= 4 is 35.1 Å². The first-order chi connectivity index (χ1) is 14.1. The normalized spacial score (nSPS) is 14.6. The van der Waals surface area contributed by atoms with E-state index in [4.69, 9.17) is 5.41 Å². The molecule has 0 saturated heterocycles. The SMILES string of the molecule is CN=C(C(=O)NC)C(C=N)NC(=O)c1nc(C2CC2)ncc1Nc1cncnc1. The van der Waals surface area contributed by atoms with Crippen molar-refractivity contribution in [3.05, 3.63) is 36.4 Å². The van der Waals surface area contributed by atoms with Crippen LogP contribution in [0.2, 0.25) is 0 Å². The topological polar surface area (TPSA) is 158 Å². The van der Waals surface area contributed by atoms with E-state index >= 15 is 0 Å². The molecule has 4 N–H and O–H groups in total. The van der Waals surface area contributed by atoms with Crippen LogP contribution < -0.4 is 16.0 Å². The first-order valence-corrected chi connectivity index (χ1v) is 8.96. The summed E-state index contributed by atoms with van der Waals surface area (Å²) in [7, 11) is 2.87. The van der Waals surface area contributed by atoms with Gasteiger partial charge in [-0.15, -0.1) is 0 Å². The van der Waals surface area contributed by atoms with Crippen molar-refractivity contribution < 1.29 is 9.59 Å². The molecule has 2 aromatic rings. The number of hydrogen-bond donors (Lipinski definition) is 4. The van der Waals surface area contributed by atoms with Crippen molar-refractivity contribution in [2.45, 2.75) is 24.8 Å². The van der Waals surface area contributed by atoms with Crippen molar-refractivity contribution in [3.8, 4) is 0 Å². The summed E-state index contributed by atoms with van der Waals surface area (Å²) in [5.74, 6) is -0.213. The first kappa shape index (κ1) is 20.0. The lowest BCUT2D eigenvalue weighted by Crippen LogP contribution is -2.48. The molecule has 2 aromatic heterocycles. The number of rotatable bonds is 8. The predicted octanol–water partition coefficient (Wildman–Crippen LogP) is 0.452. The highest BCUT2D eigenvalue weighted by molar-refractivity contribution is 6.44. The summed E-state index contributed by atoms with van der Waals surface area (Å²) in [6, 6.07) is -1.00. The lowest BCUT2D eigenvalue weighted by atomic mass is 10.1. The summed E-state index contributed by atoms with van der Waals surface area (Å²) < 4.78 is 0. The van der Waals surface area contributed by atoms with E-state index in [0.29, 0.717) is 17.2 Å². The molecule has 1 fully saturated rings. The minimum absolute atomic E-state index is 0.0123. The predicted molar refractivity (Wildman–Crippen MR) is 107 cm³/mol. The van der Waals surface area contributed by atoms with Crippen LogP contribution in [0.4, 0.5) is 11.4 Å². The summed E-state index contributed by atoms with van der Waals surface area (Å²) in [5.41, 5.74) is 1.04. The second-order valence-electron chi connectivity index (χ2n) is 6.32. The van der Waals surface area contributed by atoms with Crippen LogP contribution in [0, 0.1) is 5.41 Å². The van der Waals surface area contributed by atoms with E-state index in [1.165, 1.54) is 26.6 Å². The molecule has 0 spiro atoms. The van der Waals surface area contributed by atoms with Gasteiger partial charge in [-0.1, -0.05) is 0 Å². The number of nitrogens with one attached hydrogen (secondary N) is 4. The molecule has 2 amide bonds. The Hall–Kier alpha value is -3.76. The van der Waals surface area contributed by atoms with Gasteiger partial charge in [0.15, 0.2) is 5.69 Å². The van der Waals surface area contributed by atoms with Crippen LogP contribution in [0.3, 0.4) is 0 Å². The van der Waals surface area contributed by atoms with Gasteiger partial charge >= 0.3 is 0 Å². The van der Waals surface area contributed by atoms with E-state index in [1.807, 2.05) is 0 Å².